The Morgan fingerprint density at radius 3 is 2.58 bits per heavy atom. The molecule has 2 aromatic rings. The quantitative estimate of drug-likeness (QED) is 0.834. The molecule has 100 valence electrons. The van der Waals surface area contributed by atoms with Crippen LogP contribution in [0.25, 0.3) is 0 Å². The molecule has 0 radical (unpaired) electrons. The van der Waals surface area contributed by atoms with Crippen molar-refractivity contribution < 1.29 is 18.3 Å². The molecule has 0 fully saturated rings. The third kappa shape index (κ3) is 2.93. The van der Waals surface area contributed by atoms with Crippen molar-refractivity contribution in [2.45, 2.75) is 6.54 Å². The Hall–Kier alpha value is -1.88. The molecule has 0 atom stereocenters. The van der Waals surface area contributed by atoms with Gasteiger partial charge in [0, 0.05) is 29.3 Å². The minimum absolute atomic E-state index is 0.0642. The van der Waals surface area contributed by atoms with Crippen LogP contribution >= 0.6 is 11.6 Å². The molecule has 0 amide bonds. The summed E-state index contributed by atoms with van der Waals surface area (Å²) in [6, 6.07) is 5.77. The van der Waals surface area contributed by atoms with E-state index in [0.717, 1.165) is 6.07 Å². The maximum atomic E-state index is 13.4. The molecule has 0 bridgehead atoms. The number of halogens is 4. The molecular weight excluding hydrogens is 279 g/mol. The summed E-state index contributed by atoms with van der Waals surface area (Å²) in [5, 5.41) is 12.3. The van der Waals surface area contributed by atoms with E-state index in [1.165, 1.54) is 6.07 Å². The number of hydrogen-bond donors (Lipinski definition) is 2. The van der Waals surface area contributed by atoms with Crippen LogP contribution in [0, 0.1) is 17.5 Å². The van der Waals surface area contributed by atoms with Crippen LogP contribution in [0.3, 0.4) is 0 Å². The highest BCUT2D eigenvalue weighted by Crippen LogP contribution is 2.27. The monoisotopic (exact) mass is 287 g/mol. The molecule has 0 saturated carbocycles. The summed E-state index contributed by atoms with van der Waals surface area (Å²) in [7, 11) is 0. The van der Waals surface area contributed by atoms with Crippen molar-refractivity contribution in [1.82, 2.24) is 0 Å². The molecule has 2 nitrogen and oxygen atoms in total. The summed E-state index contributed by atoms with van der Waals surface area (Å²) in [5.74, 6) is -3.46. The van der Waals surface area contributed by atoms with Gasteiger partial charge in [-0.25, -0.2) is 13.2 Å². The molecular formula is C13H9ClF3NO. The average Bonchev–Trinajstić information content (AvgIpc) is 2.34. The summed E-state index contributed by atoms with van der Waals surface area (Å²) in [6.07, 6.45) is 0. The fourth-order valence-corrected chi connectivity index (χ4v) is 1.83. The van der Waals surface area contributed by atoms with Gasteiger partial charge in [0.05, 0.1) is 5.69 Å². The van der Waals surface area contributed by atoms with Crippen LogP contribution in [-0.2, 0) is 6.54 Å². The van der Waals surface area contributed by atoms with E-state index in [-0.39, 0.29) is 23.0 Å². The van der Waals surface area contributed by atoms with Crippen molar-refractivity contribution in [3.8, 4) is 5.75 Å². The normalized spacial score (nSPS) is 10.5. The lowest BCUT2D eigenvalue weighted by Crippen LogP contribution is -2.04. The topological polar surface area (TPSA) is 32.3 Å². The van der Waals surface area contributed by atoms with Crippen LogP contribution in [-0.4, -0.2) is 5.11 Å². The van der Waals surface area contributed by atoms with Crippen LogP contribution in [0.4, 0.5) is 18.9 Å². The Bertz CT molecular complexity index is 599. The molecule has 0 heterocycles. The van der Waals surface area contributed by atoms with Crippen molar-refractivity contribution in [3.05, 3.63) is 58.4 Å². The lowest BCUT2D eigenvalue weighted by molar-refractivity contribution is 0.469. The van der Waals surface area contributed by atoms with Crippen molar-refractivity contribution in [3.63, 3.8) is 0 Å². The fourth-order valence-electron chi connectivity index (χ4n) is 1.59. The van der Waals surface area contributed by atoms with Gasteiger partial charge in [-0.15, -0.1) is 0 Å². The Morgan fingerprint density at radius 1 is 1.16 bits per heavy atom. The van der Waals surface area contributed by atoms with Gasteiger partial charge in [-0.3, -0.25) is 0 Å². The van der Waals surface area contributed by atoms with Crippen molar-refractivity contribution in [2.24, 2.45) is 0 Å². The molecule has 0 aromatic heterocycles. The highest BCUT2D eigenvalue weighted by Gasteiger charge is 2.12. The maximum absolute atomic E-state index is 13.4. The molecule has 6 heteroatoms. The van der Waals surface area contributed by atoms with Crippen LogP contribution in [0.1, 0.15) is 5.56 Å². The number of phenols is 1. The van der Waals surface area contributed by atoms with E-state index in [1.807, 2.05) is 0 Å². The van der Waals surface area contributed by atoms with E-state index >= 15 is 0 Å². The lowest BCUT2D eigenvalue weighted by Gasteiger charge is -2.11. The number of phenolic OH excluding ortho intramolecular Hbond substituents is 1. The zero-order chi connectivity index (χ0) is 14.0. The molecule has 2 N–H and O–H groups in total. The first kappa shape index (κ1) is 13.5. The average molecular weight is 288 g/mol. The van der Waals surface area contributed by atoms with E-state index in [4.69, 9.17) is 11.6 Å². The van der Waals surface area contributed by atoms with Gasteiger partial charge in [0.1, 0.15) is 11.6 Å². The minimum atomic E-state index is -1.29. The second-order valence-corrected chi connectivity index (χ2v) is 4.25. The summed E-state index contributed by atoms with van der Waals surface area (Å²) in [4.78, 5) is 0. The second kappa shape index (κ2) is 5.40. The zero-order valence-corrected chi connectivity index (χ0v) is 10.3. The molecule has 2 rings (SSSR count). The summed E-state index contributed by atoms with van der Waals surface area (Å²) in [5.41, 5.74) is -0.0231. The van der Waals surface area contributed by atoms with E-state index in [1.54, 1.807) is 12.1 Å². The van der Waals surface area contributed by atoms with Gasteiger partial charge in [-0.2, -0.15) is 0 Å². The predicted molar refractivity (Wildman–Crippen MR) is 66.8 cm³/mol. The molecule has 19 heavy (non-hydrogen) atoms. The SMILES string of the molecule is Oc1cccc(Cl)c1CNc1cc(F)cc(F)c1F. The molecule has 0 spiro atoms. The van der Waals surface area contributed by atoms with Crippen LogP contribution in [0.2, 0.25) is 5.02 Å². The Labute approximate surface area is 112 Å². The van der Waals surface area contributed by atoms with E-state index < -0.39 is 17.5 Å². The van der Waals surface area contributed by atoms with Crippen LogP contribution < -0.4 is 5.32 Å². The van der Waals surface area contributed by atoms with Gasteiger partial charge in [0.15, 0.2) is 11.6 Å². The van der Waals surface area contributed by atoms with Gasteiger partial charge in [0.25, 0.3) is 0 Å². The number of nitrogens with one attached hydrogen (secondary N) is 1. The highest BCUT2D eigenvalue weighted by molar-refractivity contribution is 6.31. The first-order chi connectivity index (χ1) is 8.99. The van der Waals surface area contributed by atoms with Crippen LogP contribution in [0.15, 0.2) is 30.3 Å². The standard InChI is InChI=1S/C13H9ClF3NO/c14-9-2-1-3-12(19)8(9)6-18-11-5-7(15)4-10(16)13(11)17/h1-5,18-19H,6H2. The van der Waals surface area contributed by atoms with Gasteiger partial charge in [0.2, 0.25) is 0 Å². The molecule has 0 aliphatic rings. The van der Waals surface area contributed by atoms with Crippen LogP contribution in [0.5, 0.6) is 5.75 Å². The third-order valence-corrected chi connectivity index (χ3v) is 2.90. The number of aromatic hydroxyl groups is 1. The summed E-state index contributed by atoms with van der Waals surface area (Å²) in [6.45, 7) is -0.0642. The summed E-state index contributed by atoms with van der Waals surface area (Å²) >= 11 is 5.86. The molecule has 2 aromatic carbocycles. The number of rotatable bonds is 3. The van der Waals surface area contributed by atoms with E-state index in [9.17, 15) is 18.3 Å². The maximum Gasteiger partial charge on any atom is 0.182 e. The highest BCUT2D eigenvalue weighted by atomic mass is 35.5. The second-order valence-electron chi connectivity index (χ2n) is 3.84. The van der Waals surface area contributed by atoms with Crippen molar-refractivity contribution in [2.75, 3.05) is 5.32 Å². The zero-order valence-electron chi connectivity index (χ0n) is 9.55. The minimum Gasteiger partial charge on any atom is -0.508 e. The van der Waals surface area contributed by atoms with Crippen molar-refractivity contribution in [1.29, 1.82) is 0 Å². The van der Waals surface area contributed by atoms with Crippen molar-refractivity contribution >= 4 is 17.3 Å². The van der Waals surface area contributed by atoms with E-state index in [2.05, 4.69) is 5.32 Å². The molecule has 0 aliphatic heterocycles. The smallest absolute Gasteiger partial charge is 0.182 e. The summed E-state index contributed by atoms with van der Waals surface area (Å²) < 4.78 is 39.4. The Kier molecular flexibility index (Phi) is 3.85. The predicted octanol–water partition coefficient (Wildman–Crippen LogP) is 4.08. The van der Waals surface area contributed by atoms with Gasteiger partial charge >= 0.3 is 0 Å². The number of anilines is 1. The Morgan fingerprint density at radius 2 is 1.89 bits per heavy atom. The first-order valence-corrected chi connectivity index (χ1v) is 5.71. The molecule has 0 unspecified atom stereocenters. The fraction of sp³-hybridized carbons (Fsp3) is 0.0769. The Balaban J connectivity index is 2.24. The molecule has 0 aliphatic carbocycles. The number of hydrogen-bond acceptors (Lipinski definition) is 2. The first-order valence-electron chi connectivity index (χ1n) is 5.34. The largest absolute Gasteiger partial charge is 0.508 e. The van der Waals surface area contributed by atoms with Gasteiger partial charge in [-0.05, 0) is 12.1 Å². The lowest BCUT2D eigenvalue weighted by atomic mass is 10.2. The third-order valence-electron chi connectivity index (χ3n) is 2.54. The number of benzene rings is 2. The molecule has 0 saturated heterocycles. The van der Waals surface area contributed by atoms with E-state index in [0.29, 0.717) is 11.6 Å². The van der Waals surface area contributed by atoms with Gasteiger partial charge in [-0.1, -0.05) is 17.7 Å². The van der Waals surface area contributed by atoms with Gasteiger partial charge < -0.3 is 10.4 Å².